The number of nitriles is 1. The lowest BCUT2D eigenvalue weighted by atomic mass is 10.0. The molecule has 0 aliphatic rings. The predicted molar refractivity (Wildman–Crippen MR) is 116 cm³/mol. The molecular weight excluding hydrogens is 394 g/mol. The molecule has 156 valence electrons. The lowest BCUT2D eigenvalue weighted by Crippen LogP contribution is -2.29. The topological polar surface area (TPSA) is 108 Å². The number of carbonyl (C=O) groups is 3. The molecule has 7 heteroatoms. The minimum Gasteiger partial charge on any atom is -0.452 e. The Morgan fingerprint density at radius 3 is 2.48 bits per heavy atom. The molecule has 3 aromatic carbocycles. The molecule has 7 nitrogen and oxygen atoms in total. The Bertz CT molecular complexity index is 1150. The van der Waals surface area contributed by atoms with Crippen LogP contribution in [0.3, 0.4) is 0 Å². The summed E-state index contributed by atoms with van der Waals surface area (Å²) in [5, 5.41) is 15.7. The molecule has 0 aliphatic carbocycles. The maximum atomic E-state index is 12.7. The number of nitrogens with zero attached hydrogens (tertiary/aromatic N) is 1. The molecule has 0 heterocycles. The molecule has 3 aromatic rings. The number of para-hydroxylation sites is 1. The molecule has 0 unspecified atom stereocenters. The van der Waals surface area contributed by atoms with Crippen molar-refractivity contribution >= 4 is 34.2 Å². The maximum absolute atomic E-state index is 12.7. The lowest BCUT2D eigenvalue weighted by molar-refractivity contribution is -0.124. The van der Waals surface area contributed by atoms with Crippen molar-refractivity contribution in [3.63, 3.8) is 0 Å². The molecule has 31 heavy (non-hydrogen) atoms. The lowest BCUT2D eigenvalue weighted by Gasteiger charge is -2.12. The number of ether oxygens (including phenoxy) is 1. The summed E-state index contributed by atoms with van der Waals surface area (Å²) >= 11 is 0. The first-order valence-corrected chi connectivity index (χ1v) is 9.75. The molecule has 0 atom stereocenters. The van der Waals surface area contributed by atoms with Crippen molar-refractivity contribution in [2.45, 2.75) is 12.8 Å². The Labute approximate surface area is 179 Å². The van der Waals surface area contributed by atoms with Crippen molar-refractivity contribution in [1.82, 2.24) is 5.32 Å². The fraction of sp³-hybridized carbons (Fsp3) is 0.167. The molecule has 0 aliphatic heterocycles. The zero-order valence-electron chi connectivity index (χ0n) is 16.8. The van der Waals surface area contributed by atoms with Gasteiger partial charge in [0.25, 0.3) is 5.91 Å². The highest BCUT2D eigenvalue weighted by molar-refractivity contribution is 6.03. The first-order chi connectivity index (χ1) is 15.1. The van der Waals surface area contributed by atoms with Crippen molar-refractivity contribution in [2.24, 2.45) is 0 Å². The van der Waals surface area contributed by atoms with E-state index in [-0.39, 0.29) is 30.9 Å². The second-order valence-corrected chi connectivity index (χ2v) is 6.74. The summed E-state index contributed by atoms with van der Waals surface area (Å²) in [5.41, 5.74) is 1.34. The van der Waals surface area contributed by atoms with Gasteiger partial charge < -0.3 is 15.4 Å². The zero-order valence-corrected chi connectivity index (χ0v) is 16.8. The Morgan fingerprint density at radius 1 is 0.903 bits per heavy atom. The number of amides is 2. The average Bonchev–Trinajstić information content (AvgIpc) is 2.78. The van der Waals surface area contributed by atoms with Crippen LogP contribution in [-0.2, 0) is 20.7 Å². The Hall–Kier alpha value is -4.18. The maximum Gasteiger partial charge on any atom is 0.340 e. The van der Waals surface area contributed by atoms with Crippen LogP contribution in [-0.4, -0.2) is 30.9 Å². The third kappa shape index (κ3) is 5.90. The van der Waals surface area contributed by atoms with Gasteiger partial charge in [-0.2, -0.15) is 5.26 Å². The van der Waals surface area contributed by atoms with E-state index in [0.29, 0.717) is 5.69 Å². The summed E-state index contributed by atoms with van der Waals surface area (Å²) in [6.07, 6.45) is 0.317. The normalized spacial score (nSPS) is 10.2. The number of carbonyl (C=O) groups excluding carboxylic acids is 3. The molecule has 3 rings (SSSR count). The summed E-state index contributed by atoms with van der Waals surface area (Å²) in [7, 11) is 0. The minimum absolute atomic E-state index is 0.145. The number of nitrogens with one attached hydrogen (secondary N) is 2. The van der Waals surface area contributed by atoms with E-state index in [0.717, 1.165) is 16.3 Å². The van der Waals surface area contributed by atoms with E-state index in [1.807, 2.05) is 48.5 Å². The van der Waals surface area contributed by atoms with Gasteiger partial charge in [-0.25, -0.2) is 4.79 Å². The number of hydrogen-bond donors (Lipinski definition) is 2. The Balaban J connectivity index is 1.64. The van der Waals surface area contributed by atoms with E-state index in [4.69, 9.17) is 10.00 Å². The molecular formula is C24H21N3O4. The number of hydrogen-bond acceptors (Lipinski definition) is 5. The highest BCUT2D eigenvalue weighted by Crippen LogP contribution is 2.21. The standard InChI is InChI=1S/C24H21N3O4/c25-13-6-14-26-23(29)16-31-24(30)20-11-3-4-12-21(20)27-22(28)15-18-9-5-8-17-7-1-2-10-19(17)18/h1-5,7-12H,6,14-16H2,(H,26,29)(H,27,28). The molecule has 0 bridgehead atoms. The summed E-state index contributed by atoms with van der Waals surface area (Å²) < 4.78 is 5.03. The van der Waals surface area contributed by atoms with Gasteiger partial charge in [-0.3, -0.25) is 9.59 Å². The van der Waals surface area contributed by atoms with Crippen molar-refractivity contribution in [3.8, 4) is 6.07 Å². The summed E-state index contributed by atoms with van der Waals surface area (Å²) in [6.45, 7) is -0.282. The largest absolute Gasteiger partial charge is 0.452 e. The van der Waals surface area contributed by atoms with Crippen molar-refractivity contribution in [2.75, 3.05) is 18.5 Å². The van der Waals surface area contributed by atoms with Crippen molar-refractivity contribution < 1.29 is 19.1 Å². The van der Waals surface area contributed by atoms with Crippen LogP contribution in [0.2, 0.25) is 0 Å². The highest BCUT2D eigenvalue weighted by Gasteiger charge is 2.16. The van der Waals surface area contributed by atoms with Gasteiger partial charge in [0.05, 0.1) is 30.2 Å². The first kappa shape index (κ1) is 21.5. The van der Waals surface area contributed by atoms with Crippen LogP contribution in [0.1, 0.15) is 22.3 Å². The summed E-state index contributed by atoms with van der Waals surface area (Å²) in [4.78, 5) is 36.7. The number of anilines is 1. The number of benzene rings is 3. The fourth-order valence-corrected chi connectivity index (χ4v) is 3.10. The van der Waals surface area contributed by atoms with Gasteiger partial charge in [0.15, 0.2) is 6.61 Å². The smallest absolute Gasteiger partial charge is 0.340 e. The molecule has 0 aromatic heterocycles. The molecule has 2 N–H and O–H groups in total. The first-order valence-electron chi connectivity index (χ1n) is 9.75. The van der Waals surface area contributed by atoms with Crippen LogP contribution in [0.25, 0.3) is 10.8 Å². The quantitative estimate of drug-likeness (QED) is 0.434. The van der Waals surface area contributed by atoms with Gasteiger partial charge in [0, 0.05) is 6.54 Å². The molecule has 0 saturated carbocycles. The van der Waals surface area contributed by atoms with Crippen LogP contribution in [0.15, 0.2) is 66.7 Å². The van der Waals surface area contributed by atoms with Gasteiger partial charge in [-0.05, 0) is 28.5 Å². The Kier molecular flexibility index (Phi) is 7.33. The van der Waals surface area contributed by atoms with Gasteiger partial charge >= 0.3 is 5.97 Å². The zero-order chi connectivity index (χ0) is 22.1. The van der Waals surface area contributed by atoms with Gasteiger partial charge in [0.2, 0.25) is 5.91 Å². The van der Waals surface area contributed by atoms with E-state index in [9.17, 15) is 14.4 Å². The monoisotopic (exact) mass is 415 g/mol. The fourth-order valence-electron chi connectivity index (χ4n) is 3.10. The predicted octanol–water partition coefficient (Wildman–Crippen LogP) is 3.21. The molecule has 0 spiro atoms. The van der Waals surface area contributed by atoms with Crippen molar-refractivity contribution in [3.05, 3.63) is 77.9 Å². The van der Waals surface area contributed by atoms with Gasteiger partial charge in [-0.1, -0.05) is 54.6 Å². The highest BCUT2D eigenvalue weighted by atomic mass is 16.5. The Morgan fingerprint density at radius 2 is 1.65 bits per heavy atom. The molecule has 2 amide bonds. The molecule has 0 saturated heterocycles. The summed E-state index contributed by atoms with van der Waals surface area (Å²) in [6, 6.07) is 22.0. The average molecular weight is 415 g/mol. The van der Waals surface area contributed by atoms with Crippen LogP contribution in [0, 0.1) is 11.3 Å². The SMILES string of the molecule is N#CCCNC(=O)COC(=O)c1ccccc1NC(=O)Cc1cccc2ccccc12. The van der Waals surface area contributed by atoms with Gasteiger partial charge in [0.1, 0.15) is 0 Å². The second kappa shape index (κ2) is 10.6. The van der Waals surface area contributed by atoms with Gasteiger partial charge in [-0.15, -0.1) is 0 Å². The third-order valence-electron chi connectivity index (χ3n) is 4.55. The molecule has 0 radical (unpaired) electrons. The second-order valence-electron chi connectivity index (χ2n) is 6.74. The van der Waals surface area contributed by atoms with Crippen LogP contribution >= 0.6 is 0 Å². The van der Waals surface area contributed by atoms with Crippen LogP contribution < -0.4 is 10.6 Å². The van der Waals surface area contributed by atoms with Crippen LogP contribution in [0.5, 0.6) is 0 Å². The van der Waals surface area contributed by atoms with E-state index in [1.54, 1.807) is 18.2 Å². The number of rotatable bonds is 8. The third-order valence-corrected chi connectivity index (χ3v) is 4.55. The minimum atomic E-state index is -0.725. The number of esters is 1. The summed E-state index contributed by atoms with van der Waals surface area (Å²) in [5.74, 6) is -1.50. The molecule has 0 fully saturated rings. The van der Waals surface area contributed by atoms with E-state index in [1.165, 1.54) is 6.07 Å². The van der Waals surface area contributed by atoms with E-state index in [2.05, 4.69) is 10.6 Å². The number of fused-ring (bicyclic) bond motifs is 1. The van der Waals surface area contributed by atoms with Crippen LogP contribution in [0.4, 0.5) is 5.69 Å². The van der Waals surface area contributed by atoms with Crippen molar-refractivity contribution in [1.29, 1.82) is 5.26 Å². The van der Waals surface area contributed by atoms with E-state index >= 15 is 0 Å². The van der Waals surface area contributed by atoms with E-state index < -0.39 is 18.5 Å².